The standard InChI is InChI=1S/2C2H4O2.3Pb.2S/c2*1-2(3)4;;;;;/h2*1H3,(H,3,4);;;;;/q;;3*+2;2*-2/p-2. The Bertz CT molecular complexity index is 83.4. The Morgan fingerprint density at radius 1 is 0.769 bits per heavy atom. The van der Waals surface area contributed by atoms with Gasteiger partial charge in [-0.3, -0.25) is 0 Å². The maximum absolute atomic E-state index is 8.89. The molecule has 0 fully saturated rings. The third-order valence-corrected chi connectivity index (χ3v) is 0. The van der Waals surface area contributed by atoms with Gasteiger partial charge < -0.3 is 46.8 Å². The molecule has 0 aliphatic rings. The van der Waals surface area contributed by atoms with E-state index in [-0.39, 0.29) is 109 Å². The number of rotatable bonds is 0. The quantitative estimate of drug-likeness (QED) is 0.237. The van der Waals surface area contributed by atoms with Gasteiger partial charge in [0, 0.05) is 11.9 Å². The number of carboxylic acids is 2. The van der Waals surface area contributed by atoms with Gasteiger partial charge in [-0.25, -0.2) is 0 Å². The van der Waals surface area contributed by atoms with Crippen LogP contribution in [0, 0.1) is 0 Å². The van der Waals surface area contributed by atoms with E-state index in [0.29, 0.717) is 0 Å². The molecule has 0 unspecified atom stereocenters. The van der Waals surface area contributed by atoms with Crippen molar-refractivity contribution >= 4 is 121 Å². The zero-order valence-electron chi connectivity index (χ0n) is 6.95. The molecule has 4 nitrogen and oxygen atoms in total. The summed E-state index contributed by atoms with van der Waals surface area (Å²) in [6, 6.07) is 0. The van der Waals surface area contributed by atoms with E-state index in [2.05, 4.69) is 0 Å². The summed E-state index contributed by atoms with van der Waals surface area (Å²) in [7, 11) is 0. The second-order valence-electron chi connectivity index (χ2n) is 0.983. The molecule has 0 bridgehead atoms. The van der Waals surface area contributed by atoms with Crippen LogP contribution in [0.1, 0.15) is 13.8 Å². The Labute approximate surface area is 152 Å². The number of carbonyl (C=O) groups excluding carboxylic acids is 2. The molecule has 0 saturated heterocycles. The number of hydrogen-bond donors (Lipinski definition) is 0. The molecule has 6 radical (unpaired) electrons. The Hall–Kier alpha value is 2.41. The van der Waals surface area contributed by atoms with E-state index >= 15 is 0 Å². The first-order chi connectivity index (χ1) is 3.46. The summed E-state index contributed by atoms with van der Waals surface area (Å²) in [5.74, 6) is -2.17. The van der Waals surface area contributed by atoms with E-state index < -0.39 is 11.9 Å². The smallest absolute Gasteiger partial charge is 2.00 e. The van der Waals surface area contributed by atoms with E-state index in [1.54, 1.807) is 0 Å². The second kappa shape index (κ2) is 36.6. The average molecular weight is 804 g/mol. The first-order valence-electron chi connectivity index (χ1n) is 1.82. The minimum atomic E-state index is -1.08. The van der Waals surface area contributed by atoms with Crippen LogP contribution in [-0.4, -0.2) is 93.8 Å². The van der Waals surface area contributed by atoms with Crippen molar-refractivity contribution in [2.75, 3.05) is 0 Å². The van der Waals surface area contributed by atoms with Gasteiger partial charge >= 0.3 is 81.9 Å². The molecule has 0 spiro atoms. The van der Waals surface area contributed by atoms with Gasteiger partial charge in [-0.05, 0) is 13.8 Å². The number of carbonyl (C=O) groups is 2. The van der Waals surface area contributed by atoms with Gasteiger partial charge in [0.1, 0.15) is 0 Å². The maximum atomic E-state index is 8.89. The SMILES string of the molecule is CC(=O)[O-].CC(=O)[O-].[Pb+2].[Pb+2].[Pb+2].[S-2].[S-2]. The van der Waals surface area contributed by atoms with Crippen molar-refractivity contribution in [3.63, 3.8) is 0 Å². The van der Waals surface area contributed by atoms with Gasteiger partial charge in [-0.2, -0.15) is 0 Å². The summed E-state index contributed by atoms with van der Waals surface area (Å²) in [6.45, 7) is 1.94. The normalized spacial score (nSPS) is 3.85. The van der Waals surface area contributed by atoms with Crippen LogP contribution >= 0.6 is 0 Å². The van der Waals surface area contributed by atoms with E-state index in [9.17, 15) is 0 Å². The van der Waals surface area contributed by atoms with Crippen LogP contribution in [0.4, 0.5) is 0 Å². The van der Waals surface area contributed by atoms with Crippen LogP contribution in [0.2, 0.25) is 0 Å². The summed E-state index contributed by atoms with van der Waals surface area (Å²) in [6.07, 6.45) is 0. The number of aliphatic carboxylic acids is 2. The summed E-state index contributed by atoms with van der Waals surface area (Å²) in [4.78, 5) is 17.8. The van der Waals surface area contributed by atoms with Gasteiger partial charge in [0.15, 0.2) is 0 Å². The summed E-state index contributed by atoms with van der Waals surface area (Å²) >= 11 is 0. The number of hydrogen-bond acceptors (Lipinski definition) is 4. The van der Waals surface area contributed by atoms with Gasteiger partial charge in [0.05, 0.1) is 0 Å². The second-order valence-corrected chi connectivity index (χ2v) is 0.983. The monoisotopic (exact) mass is 806 g/mol. The molecule has 0 saturated carbocycles. The first-order valence-corrected chi connectivity index (χ1v) is 1.82. The fourth-order valence-corrected chi connectivity index (χ4v) is 0. The van der Waals surface area contributed by atoms with Crippen LogP contribution < -0.4 is 10.2 Å². The molecule has 0 aliphatic heterocycles. The van der Waals surface area contributed by atoms with E-state index in [0.717, 1.165) is 13.8 Å². The fourth-order valence-electron chi connectivity index (χ4n) is 0. The predicted molar refractivity (Wildman–Crippen MR) is 53.4 cm³/mol. The number of carboxylic acid groups (broad SMARTS) is 2. The molecule has 0 rings (SSSR count). The van der Waals surface area contributed by atoms with Gasteiger partial charge in [-0.1, -0.05) is 0 Å². The molecule has 13 heavy (non-hydrogen) atoms. The van der Waals surface area contributed by atoms with Crippen LogP contribution in [0.25, 0.3) is 0 Å². The zero-order valence-corrected chi connectivity index (χ0v) is 20.2. The molecule has 0 atom stereocenters. The Balaban J connectivity index is -0.00000000800. The molecule has 70 valence electrons. The summed E-state index contributed by atoms with van der Waals surface area (Å²) < 4.78 is 0. The molecule has 9 heteroatoms. The van der Waals surface area contributed by atoms with E-state index in [1.165, 1.54) is 0 Å². The summed E-state index contributed by atoms with van der Waals surface area (Å²) in [5.41, 5.74) is 0. The topological polar surface area (TPSA) is 80.3 Å². The zero-order chi connectivity index (χ0) is 7.15. The van der Waals surface area contributed by atoms with Gasteiger partial charge in [0.25, 0.3) is 0 Å². The Morgan fingerprint density at radius 3 is 0.769 bits per heavy atom. The van der Waals surface area contributed by atoms with E-state index in [1.807, 2.05) is 0 Å². The molecule has 0 aromatic heterocycles. The van der Waals surface area contributed by atoms with Crippen molar-refractivity contribution in [2.24, 2.45) is 0 Å². The van der Waals surface area contributed by atoms with Crippen LogP contribution in [0.15, 0.2) is 0 Å². The van der Waals surface area contributed by atoms with Crippen molar-refractivity contribution < 1.29 is 19.8 Å². The van der Waals surface area contributed by atoms with Crippen molar-refractivity contribution in [3.05, 3.63) is 0 Å². The third-order valence-electron chi connectivity index (χ3n) is 0. The third kappa shape index (κ3) is 383. The van der Waals surface area contributed by atoms with Crippen molar-refractivity contribution in [1.29, 1.82) is 0 Å². The molecule has 0 heterocycles. The summed E-state index contributed by atoms with van der Waals surface area (Å²) in [5, 5.41) is 17.8. The largest absolute Gasteiger partial charge is 2.00 e. The van der Waals surface area contributed by atoms with Crippen LogP contribution in [0.3, 0.4) is 0 Å². The minimum Gasteiger partial charge on any atom is -2.00 e. The first kappa shape index (κ1) is 45.2. The van der Waals surface area contributed by atoms with Crippen LogP contribution in [0.5, 0.6) is 0 Å². The Kier molecular flexibility index (Phi) is 128. The van der Waals surface area contributed by atoms with Gasteiger partial charge in [0.2, 0.25) is 0 Å². The van der Waals surface area contributed by atoms with Gasteiger partial charge in [-0.15, -0.1) is 0 Å². The fraction of sp³-hybridized carbons (Fsp3) is 0.500. The molecular weight excluding hydrogens is 798 g/mol. The molecule has 0 aromatic carbocycles. The molecule has 0 N–H and O–H groups in total. The van der Waals surface area contributed by atoms with Crippen molar-refractivity contribution in [1.82, 2.24) is 0 Å². The van der Waals surface area contributed by atoms with Crippen LogP contribution in [-0.2, 0) is 36.6 Å². The minimum absolute atomic E-state index is 0. The molecule has 0 aliphatic carbocycles. The molecule has 0 aromatic rings. The molecular formula is C4H6O4Pb3S2. The van der Waals surface area contributed by atoms with E-state index in [4.69, 9.17) is 19.8 Å². The molecule has 0 amide bonds. The van der Waals surface area contributed by atoms with Crippen molar-refractivity contribution in [2.45, 2.75) is 13.8 Å². The maximum Gasteiger partial charge on any atom is 2.00 e. The van der Waals surface area contributed by atoms with Crippen molar-refractivity contribution in [3.8, 4) is 0 Å². The Morgan fingerprint density at radius 2 is 0.769 bits per heavy atom. The predicted octanol–water partition coefficient (Wildman–Crippen LogP) is -3.63. The average Bonchev–Trinajstić information content (AvgIpc) is 1.25.